The molecule has 102 valence electrons. The molecule has 6 nitrogen and oxygen atoms in total. The van der Waals surface area contributed by atoms with Crippen LogP contribution in [0.1, 0.15) is 24.0 Å². The second kappa shape index (κ2) is 5.36. The Morgan fingerprint density at radius 2 is 2.16 bits per heavy atom. The average molecular weight is 263 g/mol. The molecule has 1 aliphatic rings. The van der Waals surface area contributed by atoms with Gasteiger partial charge in [0.1, 0.15) is 0 Å². The summed E-state index contributed by atoms with van der Waals surface area (Å²) in [4.78, 5) is 22.4. The summed E-state index contributed by atoms with van der Waals surface area (Å²) in [7, 11) is 0. The van der Waals surface area contributed by atoms with Crippen molar-refractivity contribution in [2.24, 2.45) is 0 Å². The number of nitrogens with one attached hydrogen (secondary N) is 2. The molecular formula is C13H17N3O3. The number of nitro groups is 1. The highest BCUT2D eigenvalue weighted by molar-refractivity contribution is 5.95. The fourth-order valence-electron chi connectivity index (χ4n) is 2.26. The number of hydrogen-bond acceptors (Lipinski definition) is 4. The molecule has 1 saturated heterocycles. The Bertz CT molecular complexity index is 522. The van der Waals surface area contributed by atoms with Gasteiger partial charge in [0.25, 0.3) is 5.69 Å². The van der Waals surface area contributed by atoms with Crippen molar-refractivity contribution in [2.45, 2.75) is 32.7 Å². The van der Waals surface area contributed by atoms with Crippen LogP contribution in [-0.2, 0) is 4.79 Å². The Morgan fingerprint density at radius 3 is 2.74 bits per heavy atom. The van der Waals surface area contributed by atoms with Gasteiger partial charge >= 0.3 is 0 Å². The molecule has 1 atom stereocenters. The summed E-state index contributed by atoms with van der Waals surface area (Å²) in [5.41, 5.74) is 1.96. The summed E-state index contributed by atoms with van der Waals surface area (Å²) in [5.74, 6) is -0.0751. The number of amides is 1. The van der Waals surface area contributed by atoms with E-state index < -0.39 is 4.92 Å². The zero-order chi connectivity index (χ0) is 14.0. The van der Waals surface area contributed by atoms with Crippen LogP contribution >= 0.6 is 0 Å². The van der Waals surface area contributed by atoms with E-state index in [2.05, 4.69) is 10.6 Å². The van der Waals surface area contributed by atoms with Crippen molar-refractivity contribution in [1.29, 1.82) is 0 Å². The maximum atomic E-state index is 12.0. The van der Waals surface area contributed by atoms with Crippen LogP contribution < -0.4 is 10.6 Å². The fraction of sp³-hybridized carbons (Fsp3) is 0.462. The van der Waals surface area contributed by atoms with E-state index in [0.717, 1.165) is 19.4 Å². The van der Waals surface area contributed by atoms with E-state index in [9.17, 15) is 14.9 Å². The molecule has 1 aromatic rings. The number of carbonyl (C=O) groups excluding carboxylic acids is 1. The van der Waals surface area contributed by atoms with Crippen LogP contribution in [0.5, 0.6) is 0 Å². The van der Waals surface area contributed by atoms with Crippen LogP contribution in [0.2, 0.25) is 0 Å². The maximum Gasteiger partial charge on any atom is 0.272 e. The summed E-state index contributed by atoms with van der Waals surface area (Å²) in [6.07, 6.45) is 1.83. The fourth-order valence-corrected chi connectivity index (χ4v) is 2.26. The molecule has 1 heterocycles. The van der Waals surface area contributed by atoms with Gasteiger partial charge in [-0.1, -0.05) is 0 Å². The molecule has 0 unspecified atom stereocenters. The van der Waals surface area contributed by atoms with E-state index in [-0.39, 0.29) is 17.6 Å². The predicted octanol–water partition coefficient (Wildman–Crippen LogP) is 1.90. The zero-order valence-corrected chi connectivity index (χ0v) is 11.0. The van der Waals surface area contributed by atoms with E-state index in [4.69, 9.17) is 0 Å². The normalized spacial score (nSPS) is 18.3. The predicted molar refractivity (Wildman–Crippen MR) is 72.2 cm³/mol. The lowest BCUT2D eigenvalue weighted by molar-refractivity contribution is -0.385. The number of rotatable bonds is 3. The first-order valence-electron chi connectivity index (χ1n) is 6.29. The summed E-state index contributed by atoms with van der Waals surface area (Å²) in [6.45, 7) is 4.28. The van der Waals surface area contributed by atoms with E-state index in [1.54, 1.807) is 19.9 Å². The topological polar surface area (TPSA) is 84.3 Å². The average Bonchev–Trinajstić information content (AvgIpc) is 2.86. The minimum absolute atomic E-state index is 0.0751. The van der Waals surface area contributed by atoms with Crippen LogP contribution in [-0.4, -0.2) is 23.4 Å². The van der Waals surface area contributed by atoms with E-state index in [1.807, 2.05) is 0 Å². The minimum Gasteiger partial charge on any atom is -0.324 e. The summed E-state index contributed by atoms with van der Waals surface area (Å²) >= 11 is 0. The number of nitro benzene ring substituents is 1. The van der Waals surface area contributed by atoms with Crippen molar-refractivity contribution < 1.29 is 9.72 Å². The quantitative estimate of drug-likeness (QED) is 0.644. The van der Waals surface area contributed by atoms with Gasteiger partial charge < -0.3 is 10.6 Å². The number of carbonyl (C=O) groups is 1. The SMILES string of the molecule is Cc1cc([N+](=O)[O-])c(C)cc1NC(=O)[C@H]1CCCN1. The van der Waals surface area contributed by atoms with E-state index >= 15 is 0 Å². The molecule has 1 aliphatic heterocycles. The number of aryl methyl sites for hydroxylation is 2. The van der Waals surface area contributed by atoms with Gasteiger partial charge in [0.05, 0.1) is 11.0 Å². The first-order valence-corrected chi connectivity index (χ1v) is 6.29. The highest BCUT2D eigenvalue weighted by Crippen LogP contribution is 2.26. The summed E-state index contributed by atoms with van der Waals surface area (Å²) in [6, 6.07) is 2.99. The molecule has 2 rings (SSSR count). The van der Waals surface area contributed by atoms with Gasteiger partial charge in [-0.25, -0.2) is 0 Å². The number of anilines is 1. The van der Waals surface area contributed by atoms with E-state index in [0.29, 0.717) is 16.8 Å². The molecule has 2 N–H and O–H groups in total. The Labute approximate surface area is 111 Å². The van der Waals surface area contributed by atoms with Crippen molar-refractivity contribution in [1.82, 2.24) is 5.32 Å². The summed E-state index contributed by atoms with van der Waals surface area (Å²) < 4.78 is 0. The first-order chi connectivity index (χ1) is 8.99. The molecule has 0 aromatic heterocycles. The van der Waals surface area contributed by atoms with Crippen molar-refractivity contribution in [3.05, 3.63) is 33.4 Å². The second-order valence-corrected chi connectivity index (χ2v) is 4.85. The van der Waals surface area contributed by atoms with Crippen LogP contribution in [0.25, 0.3) is 0 Å². The molecule has 19 heavy (non-hydrogen) atoms. The highest BCUT2D eigenvalue weighted by Gasteiger charge is 2.23. The summed E-state index contributed by atoms with van der Waals surface area (Å²) in [5, 5.41) is 16.8. The monoisotopic (exact) mass is 263 g/mol. The van der Waals surface area contributed by atoms with Gasteiger partial charge in [-0.15, -0.1) is 0 Å². The van der Waals surface area contributed by atoms with Gasteiger partial charge in [0, 0.05) is 17.3 Å². The zero-order valence-electron chi connectivity index (χ0n) is 11.0. The van der Waals surface area contributed by atoms with Gasteiger partial charge in [0.2, 0.25) is 5.91 Å². The van der Waals surface area contributed by atoms with Crippen LogP contribution in [0.4, 0.5) is 11.4 Å². The smallest absolute Gasteiger partial charge is 0.272 e. The van der Waals surface area contributed by atoms with Crippen LogP contribution in [0.15, 0.2) is 12.1 Å². The molecule has 1 amide bonds. The minimum atomic E-state index is -0.410. The first kappa shape index (κ1) is 13.5. The molecule has 0 aliphatic carbocycles. The van der Waals surface area contributed by atoms with Crippen molar-refractivity contribution in [2.75, 3.05) is 11.9 Å². The Morgan fingerprint density at radius 1 is 1.42 bits per heavy atom. The molecule has 6 heteroatoms. The third kappa shape index (κ3) is 2.90. The number of nitrogens with zero attached hydrogens (tertiary/aromatic N) is 1. The Balaban J connectivity index is 2.18. The molecule has 0 saturated carbocycles. The second-order valence-electron chi connectivity index (χ2n) is 4.85. The van der Waals surface area contributed by atoms with Crippen molar-refractivity contribution in [3.8, 4) is 0 Å². The van der Waals surface area contributed by atoms with Gasteiger partial charge in [-0.05, 0) is 44.9 Å². The van der Waals surface area contributed by atoms with E-state index in [1.165, 1.54) is 6.07 Å². The van der Waals surface area contributed by atoms with Crippen LogP contribution in [0, 0.1) is 24.0 Å². The van der Waals surface area contributed by atoms with Crippen molar-refractivity contribution >= 4 is 17.3 Å². The molecule has 0 bridgehead atoms. The van der Waals surface area contributed by atoms with Gasteiger partial charge in [0.15, 0.2) is 0 Å². The number of hydrogen-bond donors (Lipinski definition) is 2. The number of benzene rings is 1. The largest absolute Gasteiger partial charge is 0.324 e. The highest BCUT2D eigenvalue weighted by atomic mass is 16.6. The van der Waals surface area contributed by atoms with Gasteiger partial charge in [-0.3, -0.25) is 14.9 Å². The third-order valence-corrected chi connectivity index (χ3v) is 3.37. The third-order valence-electron chi connectivity index (χ3n) is 3.37. The van der Waals surface area contributed by atoms with Gasteiger partial charge in [-0.2, -0.15) is 0 Å². The van der Waals surface area contributed by atoms with Crippen LogP contribution in [0.3, 0.4) is 0 Å². The lowest BCUT2D eigenvalue weighted by atomic mass is 10.1. The van der Waals surface area contributed by atoms with Crippen molar-refractivity contribution in [3.63, 3.8) is 0 Å². The maximum absolute atomic E-state index is 12.0. The molecule has 1 fully saturated rings. The lowest BCUT2D eigenvalue weighted by Gasteiger charge is -2.13. The Hall–Kier alpha value is -1.95. The molecule has 0 radical (unpaired) electrons. The standard InChI is InChI=1S/C13H17N3O3/c1-8-7-12(16(18)19)9(2)6-11(8)15-13(17)10-4-3-5-14-10/h6-7,10,14H,3-5H2,1-2H3,(H,15,17)/t10-/m1/s1. The molecular weight excluding hydrogens is 246 g/mol. The lowest BCUT2D eigenvalue weighted by Crippen LogP contribution is -2.35. The molecule has 1 aromatic carbocycles. The molecule has 0 spiro atoms. The Kier molecular flexibility index (Phi) is 3.80.